The van der Waals surface area contributed by atoms with Crippen molar-refractivity contribution < 1.29 is 14.3 Å². The van der Waals surface area contributed by atoms with Crippen molar-refractivity contribution in [1.82, 2.24) is 10.3 Å². The van der Waals surface area contributed by atoms with Gasteiger partial charge in [-0.05, 0) is 45.0 Å². The molecule has 1 aliphatic heterocycles. The van der Waals surface area contributed by atoms with E-state index in [1.54, 1.807) is 14.2 Å². The molecule has 1 saturated heterocycles. The Bertz CT molecular complexity index is 770. The molecule has 0 saturated carbocycles. The minimum atomic E-state index is -0.493. The van der Waals surface area contributed by atoms with Gasteiger partial charge in [-0.3, -0.25) is 4.79 Å². The van der Waals surface area contributed by atoms with Crippen molar-refractivity contribution >= 4 is 34.8 Å². The summed E-state index contributed by atoms with van der Waals surface area (Å²) in [5, 5.41) is 8.84. The molecule has 1 amide bonds. The average Bonchev–Trinajstić information content (AvgIpc) is 3.11. The highest BCUT2D eigenvalue weighted by molar-refractivity contribution is 7.14. The molecule has 27 heavy (non-hydrogen) atoms. The van der Waals surface area contributed by atoms with Crippen molar-refractivity contribution in [1.29, 1.82) is 0 Å². The first-order chi connectivity index (χ1) is 12.6. The average molecular weight is 412 g/mol. The Morgan fingerprint density at radius 3 is 2.74 bits per heavy atom. The maximum absolute atomic E-state index is 12.9. The molecule has 2 N–H and O–H groups in total. The normalized spacial score (nSPS) is 15.7. The number of methoxy groups -OCH3 is 2. The summed E-state index contributed by atoms with van der Waals surface area (Å²) in [7, 11) is 3.29. The fourth-order valence-corrected chi connectivity index (χ4v) is 4.03. The van der Waals surface area contributed by atoms with Crippen LogP contribution in [0.2, 0.25) is 0 Å². The Balaban J connectivity index is 0.00000261. The fraction of sp³-hybridized carbons (Fsp3) is 0.474. The maximum Gasteiger partial charge on any atom is 0.234 e. The van der Waals surface area contributed by atoms with E-state index in [1.165, 1.54) is 11.3 Å². The van der Waals surface area contributed by atoms with Crippen LogP contribution in [0, 0.1) is 12.3 Å². The number of carbonyl (C=O) groups is 1. The summed E-state index contributed by atoms with van der Waals surface area (Å²) in [6, 6.07) is 5.98. The number of carbonyl (C=O) groups excluding carboxylic acids is 1. The highest BCUT2D eigenvalue weighted by Crippen LogP contribution is 2.35. The Morgan fingerprint density at radius 1 is 1.33 bits per heavy atom. The monoisotopic (exact) mass is 411 g/mol. The van der Waals surface area contributed by atoms with Gasteiger partial charge < -0.3 is 20.1 Å². The lowest BCUT2D eigenvalue weighted by molar-refractivity contribution is -0.130. The van der Waals surface area contributed by atoms with Gasteiger partial charge in [0.15, 0.2) is 5.13 Å². The number of hydrogen-bond donors (Lipinski definition) is 2. The van der Waals surface area contributed by atoms with E-state index in [0.29, 0.717) is 11.7 Å². The lowest BCUT2D eigenvalue weighted by Gasteiger charge is -2.35. The SMILES string of the molecule is COCC1(C(=O)Nc2nc(-c3cc(C)ccc3OC)cs2)CCNCC1.Cl. The molecule has 0 radical (unpaired) electrons. The molecule has 2 heterocycles. The van der Waals surface area contributed by atoms with E-state index >= 15 is 0 Å². The predicted molar refractivity (Wildman–Crippen MR) is 111 cm³/mol. The first kappa shape index (κ1) is 21.6. The lowest BCUT2D eigenvalue weighted by Crippen LogP contribution is -2.47. The van der Waals surface area contributed by atoms with Crippen molar-refractivity contribution in [2.75, 3.05) is 39.2 Å². The van der Waals surface area contributed by atoms with Gasteiger partial charge >= 0.3 is 0 Å². The zero-order valence-electron chi connectivity index (χ0n) is 15.8. The molecule has 3 rings (SSSR count). The smallest absolute Gasteiger partial charge is 0.234 e. The number of anilines is 1. The van der Waals surface area contributed by atoms with Crippen LogP contribution < -0.4 is 15.4 Å². The summed E-state index contributed by atoms with van der Waals surface area (Å²) in [4.78, 5) is 17.5. The number of halogens is 1. The van der Waals surface area contributed by atoms with Crippen LogP contribution in [0.4, 0.5) is 5.13 Å². The molecule has 0 atom stereocenters. The third-order valence-corrected chi connectivity index (χ3v) is 5.58. The Morgan fingerprint density at radius 2 is 2.07 bits per heavy atom. The van der Waals surface area contributed by atoms with Crippen molar-refractivity contribution in [3.63, 3.8) is 0 Å². The van der Waals surface area contributed by atoms with Crippen LogP contribution in [0.5, 0.6) is 5.75 Å². The van der Waals surface area contributed by atoms with Crippen LogP contribution in [-0.4, -0.2) is 44.8 Å². The Labute approximate surface area is 170 Å². The van der Waals surface area contributed by atoms with Gasteiger partial charge in [-0.25, -0.2) is 4.98 Å². The molecule has 1 aromatic carbocycles. The van der Waals surface area contributed by atoms with Crippen LogP contribution in [0.1, 0.15) is 18.4 Å². The van der Waals surface area contributed by atoms with Gasteiger partial charge in [-0.1, -0.05) is 11.6 Å². The van der Waals surface area contributed by atoms with Crippen LogP contribution in [0.25, 0.3) is 11.3 Å². The standard InChI is InChI=1S/C19H25N3O3S.ClH/c1-13-4-5-16(25-3)14(10-13)15-11-26-18(21-15)22-17(23)19(12-24-2)6-8-20-9-7-19;/h4-5,10-11,20H,6-9,12H2,1-3H3,(H,21,22,23);1H. The molecule has 6 nitrogen and oxygen atoms in total. The third-order valence-electron chi connectivity index (χ3n) is 4.82. The van der Waals surface area contributed by atoms with Crippen LogP contribution in [0.3, 0.4) is 0 Å². The minimum absolute atomic E-state index is 0. The van der Waals surface area contributed by atoms with E-state index in [4.69, 9.17) is 9.47 Å². The summed E-state index contributed by atoms with van der Waals surface area (Å²) < 4.78 is 10.8. The van der Waals surface area contributed by atoms with Gasteiger partial charge in [-0.2, -0.15) is 0 Å². The molecule has 2 aromatic rings. The van der Waals surface area contributed by atoms with E-state index < -0.39 is 5.41 Å². The first-order valence-electron chi connectivity index (χ1n) is 8.69. The van der Waals surface area contributed by atoms with Crippen molar-refractivity contribution in [3.05, 3.63) is 29.1 Å². The van der Waals surface area contributed by atoms with Gasteiger partial charge in [0.2, 0.25) is 5.91 Å². The van der Waals surface area contributed by atoms with Gasteiger partial charge in [0.05, 0.1) is 24.8 Å². The molecule has 0 bridgehead atoms. The molecule has 1 aliphatic rings. The highest BCUT2D eigenvalue weighted by Gasteiger charge is 2.40. The summed E-state index contributed by atoms with van der Waals surface area (Å²) in [6.45, 7) is 4.09. The zero-order chi connectivity index (χ0) is 18.6. The number of amides is 1. The first-order valence-corrected chi connectivity index (χ1v) is 9.57. The Hall–Kier alpha value is -1.67. The second kappa shape index (κ2) is 9.50. The molecule has 0 aliphatic carbocycles. The number of piperidine rings is 1. The van der Waals surface area contributed by atoms with E-state index in [2.05, 4.69) is 15.6 Å². The highest BCUT2D eigenvalue weighted by atomic mass is 35.5. The molecule has 148 valence electrons. The quantitative estimate of drug-likeness (QED) is 0.761. The van der Waals surface area contributed by atoms with E-state index in [1.807, 2.05) is 30.5 Å². The number of ether oxygens (including phenoxy) is 2. The van der Waals surface area contributed by atoms with Crippen LogP contribution in [0.15, 0.2) is 23.6 Å². The number of nitrogens with one attached hydrogen (secondary N) is 2. The number of benzene rings is 1. The van der Waals surface area contributed by atoms with Crippen molar-refractivity contribution in [2.45, 2.75) is 19.8 Å². The number of rotatable bonds is 6. The number of aromatic nitrogens is 1. The third kappa shape index (κ3) is 4.79. The number of aryl methyl sites for hydroxylation is 1. The van der Waals surface area contributed by atoms with Crippen molar-refractivity contribution in [3.8, 4) is 17.0 Å². The lowest BCUT2D eigenvalue weighted by atomic mass is 9.79. The van der Waals surface area contributed by atoms with E-state index in [0.717, 1.165) is 48.5 Å². The molecule has 0 spiro atoms. The number of nitrogens with zero attached hydrogens (tertiary/aromatic N) is 1. The molecule has 1 aromatic heterocycles. The minimum Gasteiger partial charge on any atom is -0.496 e. The van der Waals surface area contributed by atoms with E-state index in [-0.39, 0.29) is 18.3 Å². The van der Waals surface area contributed by atoms with Gasteiger partial charge in [-0.15, -0.1) is 23.7 Å². The summed E-state index contributed by atoms with van der Waals surface area (Å²) in [5.74, 6) is 0.756. The predicted octanol–water partition coefficient (Wildman–Crippen LogP) is 3.50. The maximum atomic E-state index is 12.9. The molecular weight excluding hydrogens is 386 g/mol. The van der Waals surface area contributed by atoms with Gasteiger partial charge in [0, 0.05) is 18.1 Å². The topological polar surface area (TPSA) is 72.5 Å². The van der Waals surface area contributed by atoms with Crippen LogP contribution >= 0.6 is 23.7 Å². The Kier molecular flexibility index (Phi) is 7.61. The zero-order valence-corrected chi connectivity index (χ0v) is 17.5. The van der Waals surface area contributed by atoms with E-state index in [9.17, 15) is 4.79 Å². The fourth-order valence-electron chi connectivity index (χ4n) is 3.33. The summed E-state index contributed by atoms with van der Waals surface area (Å²) in [5.41, 5.74) is 2.37. The molecule has 1 fully saturated rings. The second-order valence-electron chi connectivity index (χ2n) is 6.66. The molecule has 8 heteroatoms. The number of thiazole rings is 1. The second-order valence-corrected chi connectivity index (χ2v) is 7.52. The van der Waals surface area contributed by atoms with Gasteiger partial charge in [0.25, 0.3) is 0 Å². The summed E-state index contributed by atoms with van der Waals surface area (Å²) in [6.07, 6.45) is 1.52. The van der Waals surface area contributed by atoms with Gasteiger partial charge in [0.1, 0.15) is 5.75 Å². The van der Waals surface area contributed by atoms with Crippen LogP contribution in [-0.2, 0) is 9.53 Å². The molecular formula is C19H26ClN3O3S. The number of hydrogen-bond acceptors (Lipinski definition) is 6. The summed E-state index contributed by atoms with van der Waals surface area (Å²) >= 11 is 1.42. The molecule has 0 unspecified atom stereocenters. The largest absolute Gasteiger partial charge is 0.496 e. The van der Waals surface area contributed by atoms with Crippen molar-refractivity contribution in [2.24, 2.45) is 5.41 Å².